The van der Waals surface area contributed by atoms with Gasteiger partial charge in [0, 0.05) is 10.6 Å². The Kier molecular flexibility index (Phi) is 8.21. The third kappa shape index (κ3) is 6.69. The Balaban J connectivity index is 1.61. The molecule has 0 aromatic heterocycles. The Hall–Kier alpha value is -4.10. The van der Waals surface area contributed by atoms with E-state index < -0.39 is 5.97 Å². The molecule has 168 valence electrons. The molecule has 7 nitrogen and oxygen atoms in total. The molecule has 1 amide bonds. The summed E-state index contributed by atoms with van der Waals surface area (Å²) in [7, 11) is 1.46. The lowest BCUT2D eigenvalue weighted by molar-refractivity contribution is 0.0729. The first-order valence-electron chi connectivity index (χ1n) is 9.83. The molecule has 0 radical (unpaired) electrons. The molecular formula is C25H21ClN2O5. The van der Waals surface area contributed by atoms with E-state index in [1.807, 2.05) is 0 Å². The number of amides is 1. The average Bonchev–Trinajstić information content (AvgIpc) is 2.84. The van der Waals surface area contributed by atoms with Gasteiger partial charge in [-0.05, 0) is 72.3 Å². The molecule has 8 heteroatoms. The largest absolute Gasteiger partial charge is 0.493 e. The molecule has 0 aliphatic carbocycles. The zero-order chi connectivity index (χ0) is 23.6. The van der Waals surface area contributed by atoms with Crippen LogP contribution in [-0.4, -0.2) is 31.8 Å². The van der Waals surface area contributed by atoms with Gasteiger partial charge in [-0.2, -0.15) is 5.10 Å². The molecule has 0 unspecified atom stereocenters. The van der Waals surface area contributed by atoms with Gasteiger partial charge < -0.3 is 14.2 Å². The highest BCUT2D eigenvalue weighted by Crippen LogP contribution is 2.28. The van der Waals surface area contributed by atoms with Crippen molar-refractivity contribution in [2.75, 3.05) is 13.7 Å². The van der Waals surface area contributed by atoms with E-state index in [-0.39, 0.29) is 11.7 Å². The predicted octanol–water partition coefficient (Wildman–Crippen LogP) is 4.90. The monoisotopic (exact) mass is 464 g/mol. The second kappa shape index (κ2) is 11.5. The van der Waals surface area contributed by atoms with Crippen molar-refractivity contribution in [1.82, 2.24) is 5.43 Å². The normalized spacial score (nSPS) is 10.5. The van der Waals surface area contributed by atoms with Crippen LogP contribution in [-0.2, 0) is 0 Å². The molecular weight excluding hydrogens is 444 g/mol. The van der Waals surface area contributed by atoms with E-state index in [1.165, 1.54) is 13.3 Å². The topological polar surface area (TPSA) is 86.2 Å². The minimum Gasteiger partial charge on any atom is -0.493 e. The second-order valence-electron chi connectivity index (χ2n) is 6.63. The lowest BCUT2D eigenvalue weighted by Gasteiger charge is -2.10. The Labute approximate surface area is 196 Å². The summed E-state index contributed by atoms with van der Waals surface area (Å²) in [6.07, 6.45) is 3.09. The first-order chi connectivity index (χ1) is 16.0. The number of carbonyl (C=O) groups excluding carboxylic acids is 2. The van der Waals surface area contributed by atoms with Crippen LogP contribution in [0.4, 0.5) is 0 Å². The molecule has 0 atom stereocenters. The van der Waals surface area contributed by atoms with E-state index in [2.05, 4.69) is 17.1 Å². The maximum Gasteiger partial charge on any atom is 0.343 e. The fourth-order valence-corrected chi connectivity index (χ4v) is 2.81. The first kappa shape index (κ1) is 23.6. The quantitative estimate of drug-likeness (QED) is 0.160. The van der Waals surface area contributed by atoms with Crippen molar-refractivity contribution in [3.05, 3.63) is 101 Å². The van der Waals surface area contributed by atoms with Gasteiger partial charge >= 0.3 is 5.97 Å². The number of carbonyl (C=O) groups is 2. The highest BCUT2D eigenvalue weighted by molar-refractivity contribution is 6.30. The van der Waals surface area contributed by atoms with Gasteiger partial charge in [0.2, 0.25) is 0 Å². The van der Waals surface area contributed by atoms with Crippen LogP contribution in [0, 0.1) is 0 Å². The Bertz CT molecular complexity index is 1160. The summed E-state index contributed by atoms with van der Waals surface area (Å²) in [5, 5.41) is 4.49. The average molecular weight is 465 g/mol. The standard InChI is InChI=1S/C25H21ClN2O5/c1-3-14-32-21-11-7-18(8-12-21)24(29)28-27-16-17-4-13-22(23(15-17)31-2)33-25(30)19-5-9-20(26)10-6-19/h3-13,15-16H,1,14H2,2H3,(H,28,29)/b27-16+. The van der Waals surface area contributed by atoms with Crippen molar-refractivity contribution in [2.45, 2.75) is 0 Å². The molecule has 3 aromatic rings. The maximum atomic E-state index is 12.3. The van der Waals surface area contributed by atoms with Gasteiger partial charge in [0.1, 0.15) is 12.4 Å². The minimum atomic E-state index is -0.542. The highest BCUT2D eigenvalue weighted by atomic mass is 35.5. The molecule has 3 aromatic carbocycles. The van der Waals surface area contributed by atoms with Crippen molar-refractivity contribution in [1.29, 1.82) is 0 Å². The molecule has 0 aliphatic heterocycles. The van der Waals surface area contributed by atoms with Crippen molar-refractivity contribution >= 4 is 29.7 Å². The fraction of sp³-hybridized carbons (Fsp3) is 0.0800. The highest BCUT2D eigenvalue weighted by Gasteiger charge is 2.13. The Morgan fingerprint density at radius 2 is 1.70 bits per heavy atom. The van der Waals surface area contributed by atoms with Crippen LogP contribution in [0.3, 0.4) is 0 Å². The van der Waals surface area contributed by atoms with E-state index in [4.69, 9.17) is 25.8 Å². The van der Waals surface area contributed by atoms with Crippen molar-refractivity contribution in [3.8, 4) is 17.2 Å². The van der Waals surface area contributed by atoms with Crippen LogP contribution >= 0.6 is 11.6 Å². The number of ether oxygens (including phenoxy) is 3. The molecule has 0 bridgehead atoms. The molecule has 33 heavy (non-hydrogen) atoms. The number of esters is 1. The van der Waals surface area contributed by atoms with Crippen LogP contribution in [0.2, 0.25) is 5.02 Å². The molecule has 0 saturated heterocycles. The molecule has 1 N–H and O–H groups in total. The third-order valence-electron chi connectivity index (χ3n) is 4.33. The molecule has 0 fully saturated rings. The van der Waals surface area contributed by atoms with Gasteiger partial charge in [-0.15, -0.1) is 0 Å². The summed E-state index contributed by atoms with van der Waals surface area (Å²) in [6, 6.07) is 17.9. The number of rotatable bonds is 9. The number of nitrogens with zero attached hydrogens (tertiary/aromatic N) is 1. The van der Waals surface area contributed by atoms with Gasteiger partial charge in [0.15, 0.2) is 11.5 Å². The Morgan fingerprint density at radius 1 is 1.00 bits per heavy atom. The van der Waals surface area contributed by atoms with Gasteiger partial charge in [0.25, 0.3) is 5.91 Å². The summed E-state index contributed by atoms with van der Waals surface area (Å²) in [4.78, 5) is 24.6. The van der Waals surface area contributed by atoms with E-state index in [1.54, 1.807) is 72.8 Å². The van der Waals surface area contributed by atoms with Crippen molar-refractivity contribution in [3.63, 3.8) is 0 Å². The van der Waals surface area contributed by atoms with Crippen molar-refractivity contribution < 1.29 is 23.8 Å². The third-order valence-corrected chi connectivity index (χ3v) is 4.59. The fourth-order valence-electron chi connectivity index (χ4n) is 2.68. The number of hydrogen-bond acceptors (Lipinski definition) is 6. The van der Waals surface area contributed by atoms with Crippen LogP contribution in [0.1, 0.15) is 26.3 Å². The van der Waals surface area contributed by atoms with E-state index in [0.29, 0.717) is 39.8 Å². The minimum absolute atomic E-state index is 0.248. The lowest BCUT2D eigenvalue weighted by atomic mass is 10.2. The molecule has 0 heterocycles. The first-order valence-corrected chi connectivity index (χ1v) is 10.2. The zero-order valence-corrected chi connectivity index (χ0v) is 18.5. The Morgan fingerprint density at radius 3 is 2.36 bits per heavy atom. The maximum absolute atomic E-state index is 12.3. The molecule has 0 aliphatic rings. The van der Waals surface area contributed by atoms with E-state index >= 15 is 0 Å². The number of hydrogen-bond donors (Lipinski definition) is 1. The number of benzene rings is 3. The van der Waals surface area contributed by atoms with E-state index in [9.17, 15) is 9.59 Å². The summed E-state index contributed by atoms with van der Waals surface area (Å²) in [5.41, 5.74) is 3.88. The summed E-state index contributed by atoms with van der Waals surface area (Å²) in [5.74, 6) is 0.306. The molecule has 0 saturated carbocycles. The SMILES string of the molecule is C=CCOc1ccc(C(=O)N/N=C/c2ccc(OC(=O)c3ccc(Cl)cc3)c(OC)c2)cc1. The summed E-state index contributed by atoms with van der Waals surface area (Å²) >= 11 is 5.84. The summed E-state index contributed by atoms with van der Waals surface area (Å²) in [6.45, 7) is 3.97. The lowest BCUT2D eigenvalue weighted by Crippen LogP contribution is -2.17. The van der Waals surface area contributed by atoms with Crippen LogP contribution in [0.25, 0.3) is 0 Å². The number of hydrazone groups is 1. The molecule has 3 rings (SSSR count). The second-order valence-corrected chi connectivity index (χ2v) is 7.07. The number of nitrogens with one attached hydrogen (secondary N) is 1. The predicted molar refractivity (Wildman–Crippen MR) is 127 cm³/mol. The van der Waals surface area contributed by atoms with Crippen LogP contribution < -0.4 is 19.6 Å². The van der Waals surface area contributed by atoms with Crippen molar-refractivity contribution in [2.24, 2.45) is 5.10 Å². The van der Waals surface area contributed by atoms with Crippen LogP contribution in [0.15, 0.2) is 84.5 Å². The van der Waals surface area contributed by atoms with Gasteiger partial charge in [-0.25, -0.2) is 10.2 Å². The van der Waals surface area contributed by atoms with Gasteiger partial charge in [0.05, 0.1) is 18.9 Å². The smallest absolute Gasteiger partial charge is 0.343 e. The van der Waals surface area contributed by atoms with Gasteiger partial charge in [-0.3, -0.25) is 4.79 Å². The number of methoxy groups -OCH3 is 1. The van der Waals surface area contributed by atoms with Crippen LogP contribution in [0.5, 0.6) is 17.2 Å². The van der Waals surface area contributed by atoms with Gasteiger partial charge in [-0.1, -0.05) is 24.3 Å². The summed E-state index contributed by atoms with van der Waals surface area (Å²) < 4.78 is 16.1. The van der Waals surface area contributed by atoms with E-state index in [0.717, 1.165) is 0 Å². The molecule has 0 spiro atoms. The number of halogens is 1. The zero-order valence-electron chi connectivity index (χ0n) is 17.8.